The Morgan fingerprint density at radius 3 is 2.17 bits per heavy atom. The minimum absolute atomic E-state index is 0.00715. The number of carbonyl (C=O) groups excluding carboxylic acids is 2. The quantitative estimate of drug-likeness (QED) is 0.171. The molecule has 4 aromatic rings. The van der Waals surface area contributed by atoms with Crippen LogP contribution >= 0.6 is 23.2 Å². The number of sulfonamides is 1. The predicted molar refractivity (Wildman–Crippen MR) is 188 cm³/mol. The smallest absolute Gasteiger partial charge is 0.264 e. The largest absolute Gasteiger partial charge is 0.497 e. The minimum Gasteiger partial charge on any atom is -0.497 e. The molecule has 0 radical (unpaired) electrons. The van der Waals surface area contributed by atoms with Crippen LogP contribution in [0.1, 0.15) is 37.5 Å². The SMILES string of the molecule is COc1cccc(CN(C(=O)CN(c2cc(Cl)ccc2Cl)S(=O)(=O)c2ccc(C)cc2)[C@H](Cc2ccccc2)C(=O)NC(C)(C)C)c1. The summed E-state index contributed by atoms with van der Waals surface area (Å²) in [7, 11) is -2.79. The van der Waals surface area contributed by atoms with E-state index in [0.717, 1.165) is 15.4 Å². The van der Waals surface area contributed by atoms with Crippen molar-refractivity contribution in [1.82, 2.24) is 10.2 Å². The van der Waals surface area contributed by atoms with E-state index in [9.17, 15) is 18.0 Å². The topological polar surface area (TPSA) is 96.0 Å². The van der Waals surface area contributed by atoms with Gasteiger partial charge in [0.1, 0.15) is 18.3 Å². The van der Waals surface area contributed by atoms with Crippen molar-refractivity contribution in [2.45, 2.75) is 57.1 Å². The zero-order valence-electron chi connectivity index (χ0n) is 27.0. The van der Waals surface area contributed by atoms with Crippen molar-refractivity contribution in [2.24, 2.45) is 0 Å². The van der Waals surface area contributed by atoms with Gasteiger partial charge >= 0.3 is 0 Å². The van der Waals surface area contributed by atoms with E-state index >= 15 is 0 Å². The Morgan fingerprint density at radius 2 is 1.53 bits per heavy atom. The van der Waals surface area contributed by atoms with E-state index in [2.05, 4.69) is 5.32 Å². The van der Waals surface area contributed by atoms with Crippen molar-refractivity contribution >= 4 is 50.7 Å². The van der Waals surface area contributed by atoms with Gasteiger partial charge in [0.2, 0.25) is 11.8 Å². The third-order valence-corrected chi connectivity index (χ3v) is 9.65. The van der Waals surface area contributed by atoms with Gasteiger partial charge in [-0.25, -0.2) is 8.42 Å². The molecule has 248 valence electrons. The summed E-state index contributed by atoms with van der Waals surface area (Å²) in [4.78, 5) is 30.1. The molecule has 0 spiro atoms. The van der Waals surface area contributed by atoms with Crippen LogP contribution in [-0.2, 0) is 32.6 Å². The molecule has 1 atom stereocenters. The van der Waals surface area contributed by atoms with E-state index in [0.29, 0.717) is 11.3 Å². The molecule has 0 unspecified atom stereocenters. The molecule has 8 nitrogen and oxygen atoms in total. The number of aryl methyl sites for hydroxylation is 1. The molecule has 0 aliphatic rings. The van der Waals surface area contributed by atoms with Gasteiger partial charge in [-0.3, -0.25) is 13.9 Å². The van der Waals surface area contributed by atoms with Gasteiger partial charge in [-0.2, -0.15) is 0 Å². The molecular formula is C36H39Cl2N3O5S. The molecule has 0 saturated carbocycles. The molecule has 0 aliphatic heterocycles. The van der Waals surface area contributed by atoms with Gasteiger partial charge in [-0.1, -0.05) is 83.4 Å². The second-order valence-corrected chi connectivity index (χ2v) is 14.9. The van der Waals surface area contributed by atoms with Crippen LogP contribution in [0.15, 0.2) is 102 Å². The molecule has 4 aromatic carbocycles. The molecule has 0 aliphatic carbocycles. The number of hydrogen-bond acceptors (Lipinski definition) is 5. The summed E-state index contributed by atoms with van der Waals surface area (Å²) >= 11 is 12.9. The van der Waals surface area contributed by atoms with Gasteiger partial charge in [0.15, 0.2) is 0 Å². The number of carbonyl (C=O) groups is 2. The Morgan fingerprint density at radius 1 is 0.872 bits per heavy atom. The standard InChI is InChI=1S/C36H39Cl2N3O5S/c1-25-14-17-30(18-15-25)47(44,45)41(32-22-28(37)16-19-31(32)38)24-34(42)40(23-27-12-9-13-29(20-27)46-5)33(35(43)39-36(2,3)4)21-26-10-7-6-8-11-26/h6-20,22,33H,21,23-24H2,1-5H3,(H,39,43)/t33-/m1/s1. The Kier molecular flexibility index (Phi) is 11.6. The normalized spacial score (nSPS) is 12.2. The molecule has 0 fully saturated rings. The minimum atomic E-state index is -4.33. The van der Waals surface area contributed by atoms with Crippen molar-refractivity contribution in [1.29, 1.82) is 0 Å². The molecule has 0 aromatic heterocycles. The number of nitrogens with one attached hydrogen (secondary N) is 1. The lowest BCUT2D eigenvalue weighted by atomic mass is 10.0. The first kappa shape index (κ1) is 35.8. The number of methoxy groups -OCH3 is 1. The molecule has 1 N–H and O–H groups in total. The fraction of sp³-hybridized carbons (Fsp3) is 0.278. The number of benzene rings is 4. The van der Waals surface area contributed by atoms with Crippen molar-refractivity contribution < 1.29 is 22.7 Å². The molecule has 0 bridgehead atoms. The second kappa shape index (κ2) is 15.2. The van der Waals surface area contributed by atoms with Crippen molar-refractivity contribution in [3.05, 3.63) is 124 Å². The van der Waals surface area contributed by atoms with Crippen LogP contribution in [0.4, 0.5) is 5.69 Å². The fourth-order valence-corrected chi connectivity index (χ4v) is 6.86. The number of hydrogen-bond donors (Lipinski definition) is 1. The van der Waals surface area contributed by atoms with E-state index in [-0.39, 0.29) is 39.5 Å². The van der Waals surface area contributed by atoms with Crippen molar-refractivity contribution in [3.8, 4) is 5.75 Å². The maximum Gasteiger partial charge on any atom is 0.264 e. The first-order valence-electron chi connectivity index (χ1n) is 15.0. The summed E-state index contributed by atoms with van der Waals surface area (Å²) in [5.41, 5.74) is 1.81. The highest BCUT2D eigenvalue weighted by Crippen LogP contribution is 2.33. The Bertz CT molecular complexity index is 1810. The highest BCUT2D eigenvalue weighted by Gasteiger charge is 2.36. The number of nitrogens with zero attached hydrogens (tertiary/aromatic N) is 2. The number of halogens is 2. The van der Waals surface area contributed by atoms with E-state index < -0.39 is 34.1 Å². The van der Waals surface area contributed by atoms with Crippen LogP contribution in [-0.4, -0.2) is 50.4 Å². The van der Waals surface area contributed by atoms with Crippen LogP contribution in [0.2, 0.25) is 10.0 Å². The van der Waals surface area contributed by atoms with Crippen LogP contribution in [0.3, 0.4) is 0 Å². The van der Waals surface area contributed by atoms with Gasteiger partial charge in [-0.05, 0) is 81.3 Å². The van der Waals surface area contributed by atoms with Gasteiger partial charge in [0, 0.05) is 23.5 Å². The predicted octanol–water partition coefficient (Wildman–Crippen LogP) is 7.06. The molecule has 4 rings (SSSR count). The van der Waals surface area contributed by atoms with Crippen molar-refractivity contribution in [3.63, 3.8) is 0 Å². The molecule has 0 saturated heterocycles. The van der Waals surface area contributed by atoms with Crippen LogP contribution in [0, 0.1) is 6.92 Å². The summed E-state index contributed by atoms with van der Waals surface area (Å²) in [6, 6.07) is 26.2. The van der Waals surface area contributed by atoms with Crippen LogP contribution in [0.5, 0.6) is 5.75 Å². The Balaban J connectivity index is 1.86. The third kappa shape index (κ3) is 9.50. The Labute approximate surface area is 287 Å². The molecule has 47 heavy (non-hydrogen) atoms. The number of ether oxygens (including phenoxy) is 1. The number of amides is 2. The van der Waals surface area contributed by atoms with E-state index in [1.807, 2.05) is 64.1 Å². The molecule has 0 heterocycles. The number of anilines is 1. The summed E-state index contributed by atoms with van der Waals surface area (Å²) in [6.07, 6.45) is 0.182. The third-order valence-electron chi connectivity index (χ3n) is 7.32. The highest BCUT2D eigenvalue weighted by atomic mass is 35.5. The first-order chi connectivity index (χ1) is 22.2. The summed E-state index contributed by atoms with van der Waals surface area (Å²) in [5, 5.41) is 3.34. The first-order valence-corrected chi connectivity index (χ1v) is 17.2. The van der Waals surface area contributed by atoms with E-state index in [4.69, 9.17) is 27.9 Å². The monoisotopic (exact) mass is 695 g/mol. The lowest BCUT2D eigenvalue weighted by molar-refractivity contribution is -0.140. The van der Waals surface area contributed by atoms with Crippen LogP contribution in [0.25, 0.3) is 0 Å². The van der Waals surface area contributed by atoms with Gasteiger partial charge in [0.25, 0.3) is 10.0 Å². The second-order valence-electron chi connectivity index (χ2n) is 12.2. The van der Waals surface area contributed by atoms with Crippen LogP contribution < -0.4 is 14.4 Å². The number of rotatable bonds is 12. The zero-order chi connectivity index (χ0) is 34.4. The average Bonchev–Trinajstić information content (AvgIpc) is 3.02. The van der Waals surface area contributed by atoms with E-state index in [1.165, 1.54) is 35.2 Å². The van der Waals surface area contributed by atoms with Crippen molar-refractivity contribution in [2.75, 3.05) is 18.0 Å². The lowest BCUT2D eigenvalue weighted by Gasteiger charge is -2.35. The highest BCUT2D eigenvalue weighted by molar-refractivity contribution is 7.92. The summed E-state index contributed by atoms with van der Waals surface area (Å²) < 4.78 is 34.9. The molecular weight excluding hydrogens is 657 g/mol. The molecule has 2 amide bonds. The molecule has 11 heteroatoms. The summed E-state index contributed by atoms with van der Waals surface area (Å²) in [6.45, 7) is 6.75. The zero-order valence-corrected chi connectivity index (χ0v) is 29.4. The fourth-order valence-electron chi connectivity index (χ4n) is 5.00. The summed E-state index contributed by atoms with van der Waals surface area (Å²) in [5.74, 6) is -0.432. The van der Waals surface area contributed by atoms with E-state index in [1.54, 1.807) is 37.4 Å². The lowest BCUT2D eigenvalue weighted by Crippen LogP contribution is -2.56. The Hall–Kier alpha value is -4.05. The van der Waals surface area contributed by atoms with Gasteiger partial charge < -0.3 is 15.0 Å². The average molecular weight is 697 g/mol. The van der Waals surface area contributed by atoms with Gasteiger partial charge in [-0.15, -0.1) is 0 Å². The maximum absolute atomic E-state index is 14.6. The van der Waals surface area contributed by atoms with Gasteiger partial charge in [0.05, 0.1) is 22.7 Å². The maximum atomic E-state index is 14.6.